The largest absolute Gasteiger partial charge is 0.353 e. The number of carbonyl (C=O) groups is 3. The molecule has 3 rings (SSSR count). The quantitative estimate of drug-likeness (QED) is 0.808. The fourth-order valence-corrected chi connectivity index (χ4v) is 4.47. The molecule has 1 heterocycles. The highest BCUT2D eigenvalue weighted by atomic mass is 16.2. The second-order valence-electron chi connectivity index (χ2n) is 7.51. The standard InChI is InChI=1S/C18H28N2O3/c1-12-6-2-5-9-15(12)19-16(21)10-11-20-17(22)13-7-3-4-8-14(13)18(20)23/h12-15H,2-11H2,1H3,(H,19,21)/t12-,13-,14-,15+/m1/s1. The van der Waals surface area contributed by atoms with Crippen molar-refractivity contribution in [2.75, 3.05) is 6.54 Å². The van der Waals surface area contributed by atoms with E-state index in [1.165, 1.54) is 17.7 Å². The molecule has 1 saturated heterocycles. The van der Waals surface area contributed by atoms with Crippen molar-refractivity contribution in [2.24, 2.45) is 17.8 Å². The molecule has 2 saturated carbocycles. The summed E-state index contributed by atoms with van der Waals surface area (Å²) in [5, 5.41) is 3.10. The number of imide groups is 1. The van der Waals surface area contributed by atoms with Gasteiger partial charge >= 0.3 is 0 Å². The van der Waals surface area contributed by atoms with Gasteiger partial charge in [-0.15, -0.1) is 0 Å². The zero-order chi connectivity index (χ0) is 16.4. The van der Waals surface area contributed by atoms with Gasteiger partial charge in [-0.25, -0.2) is 0 Å². The monoisotopic (exact) mass is 320 g/mol. The maximum absolute atomic E-state index is 12.4. The molecule has 0 aromatic heterocycles. The number of nitrogens with zero attached hydrogens (tertiary/aromatic N) is 1. The molecule has 0 aromatic carbocycles. The van der Waals surface area contributed by atoms with Gasteiger partial charge in [-0.1, -0.05) is 32.6 Å². The molecule has 4 atom stereocenters. The molecule has 1 aliphatic heterocycles. The molecule has 1 N–H and O–H groups in total. The van der Waals surface area contributed by atoms with E-state index in [1.54, 1.807) is 0 Å². The van der Waals surface area contributed by atoms with Crippen LogP contribution in [0.2, 0.25) is 0 Å². The summed E-state index contributed by atoms with van der Waals surface area (Å²) < 4.78 is 0. The van der Waals surface area contributed by atoms with Crippen molar-refractivity contribution in [3.63, 3.8) is 0 Å². The molecule has 2 aliphatic carbocycles. The number of hydrogen-bond donors (Lipinski definition) is 1. The number of fused-ring (bicyclic) bond motifs is 1. The molecule has 5 nitrogen and oxygen atoms in total. The van der Waals surface area contributed by atoms with Gasteiger partial charge in [-0.2, -0.15) is 0 Å². The van der Waals surface area contributed by atoms with Gasteiger partial charge in [0.05, 0.1) is 11.8 Å². The Bertz CT molecular complexity index is 467. The van der Waals surface area contributed by atoms with Crippen molar-refractivity contribution in [1.82, 2.24) is 10.2 Å². The summed E-state index contributed by atoms with van der Waals surface area (Å²) in [4.78, 5) is 38.3. The van der Waals surface area contributed by atoms with Crippen LogP contribution >= 0.6 is 0 Å². The Labute approximate surface area is 138 Å². The van der Waals surface area contributed by atoms with Crippen LogP contribution in [0.1, 0.15) is 64.7 Å². The molecule has 0 unspecified atom stereocenters. The van der Waals surface area contributed by atoms with E-state index in [1.807, 2.05) is 0 Å². The van der Waals surface area contributed by atoms with Crippen LogP contribution in [-0.2, 0) is 14.4 Å². The van der Waals surface area contributed by atoms with Gasteiger partial charge in [0.15, 0.2) is 0 Å². The predicted molar refractivity (Wildman–Crippen MR) is 86.3 cm³/mol. The van der Waals surface area contributed by atoms with Crippen LogP contribution in [0.25, 0.3) is 0 Å². The predicted octanol–water partition coefficient (Wildman–Crippen LogP) is 2.25. The van der Waals surface area contributed by atoms with Crippen molar-refractivity contribution in [3.05, 3.63) is 0 Å². The topological polar surface area (TPSA) is 66.5 Å². The minimum atomic E-state index is -0.113. The first kappa shape index (κ1) is 16.5. The average Bonchev–Trinajstić information content (AvgIpc) is 2.80. The molecule has 0 aromatic rings. The summed E-state index contributed by atoms with van der Waals surface area (Å²) in [7, 11) is 0. The molecule has 3 fully saturated rings. The summed E-state index contributed by atoms with van der Waals surface area (Å²) in [6.45, 7) is 2.43. The Morgan fingerprint density at radius 1 is 1.00 bits per heavy atom. The normalized spacial score (nSPS) is 34.4. The summed E-state index contributed by atoms with van der Waals surface area (Å²) in [5.41, 5.74) is 0. The van der Waals surface area contributed by atoms with Crippen LogP contribution in [0.15, 0.2) is 0 Å². The van der Waals surface area contributed by atoms with E-state index >= 15 is 0 Å². The zero-order valence-electron chi connectivity index (χ0n) is 14.1. The lowest BCUT2D eigenvalue weighted by molar-refractivity contribution is -0.140. The highest BCUT2D eigenvalue weighted by Gasteiger charge is 2.47. The first-order valence-electron chi connectivity index (χ1n) is 9.22. The van der Waals surface area contributed by atoms with E-state index in [0.29, 0.717) is 5.92 Å². The Morgan fingerprint density at radius 2 is 1.57 bits per heavy atom. The number of rotatable bonds is 4. The molecule has 128 valence electrons. The zero-order valence-corrected chi connectivity index (χ0v) is 14.1. The second-order valence-corrected chi connectivity index (χ2v) is 7.51. The van der Waals surface area contributed by atoms with E-state index in [-0.39, 0.29) is 48.6 Å². The number of amides is 3. The minimum Gasteiger partial charge on any atom is -0.353 e. The van der Waals surface area contributed by atoms with Crippen LogP contribution in [0.5, 0.6) is 0 Å². The van der Waals surface area contributed by atoms with Gasteiger partial charge in [0, 0.05) is 19.0 Å². The lowest BCUT2D eigenvalue weighted by atomic mass is 9.81. The van der Waals surface area contributed by atoms with Crippen molar-refractivity contribution >= 4 is 17.7 Å². The molecule has 5 heteroatoms. The average molecular weight is 320 g/mol. The van der Waals surface area contributed by atoms with Gasteiger partial charge in [0.2, 0.25) is 17.7 Å². The number of hydrogen-bond acceptors (Lipinski definition) is 3. The Hall–Kier alpha value is -1.39. The molecular weight excluding hydrogens is 292 g/mol. The third kappa shape index (κ3) is 3.43. The maximum atomic E-state index is 12.4. The van der Waals surface area contributed by atoms with E-state index in [4.69, 9.17) is 0 Å². The molecule has 3 aliphatic rings. The number of likely N-dealkylation sites (tertiary alicyclic amines) is 1. The molecule has 3 amide bonds. The summed E-state index contributed by atoms with van der Waals surface area (Å²) in [5.74, 6) is 0.178. The highest BCUT2D eigenvalue weighted by Crippen LogP contribution is 2.38. The van der Waals surface area contributed by atoms with Crippen LogP contribution in [0, 0.1) is 17.8 Å². The van der Waals surface area contributed by atoms with Gasteiger partial charge < -0.3 is 5.32 Å². The lowest BCUT2D eigenvalue weighted by Crippen LogP contribution is -2.42. The van der Waals surface area contributed by atoms with Crippen molar-refractivity contribution < 1.29 is 14.4 Å². The van der Waals surface area contributed by atoms with E-state index < -0.39 is 0 Å². The van der Waals surface area contributed by atoms with Crippen molar-refractivity contribution in [3.8, 4) is 0 Å². The van der Waals surface area contributed by atoms with Crippen LogP contribution in [0.4, 0.5) is 0 Å². The highest BCUT2D eigenvalue weighted by molar-refractivity contribution is 6.05. The molecule has 0 radical (unpaired) electrons. The molecule has 0 spiro atoms. The third-order valence-electron chi connectivity index (χ3n) is 5.95. The fraction of sp³-hybridized carbons (Fsp3) is 0.833. The van der Waals surface area contributed by atoms with E-state index in [0.717, 1.165) is 38.5 Å². The number of nitrogens with one attached hydrogen (secondary N) is 1. The van der Waals surface area contributed by atoms with Crippen molar-refractivity contribution in [1.29, 1.82) is 0 Å². The van der Waals surface area contributed by atoms with Crippen molar-refractivity contribution in [2.45, 2.75) is 70.8 Å². The minimum absolute atomic E-state index is 0.0285. The molecule has 23 heavy (non-hydrogen) atoms. The van der Waals surface area contributed by atoms with Gasteiger partial charge in [0.1, 0.15) is 0 Å². The summed E-state index contributed by atoms with van der Waals surface area (Å²) in [6.07, 6.45) is 8.59. The van der Waals surface area contributed by atoms with Crippen LogP contribution in [0.3, 0.4) is 0 Å². The van der Waals surface area contributed by atoms with Gasteiger partial charge in [-0.05, 0) is 31.6 Å². The summed E-state index contributed by atoms with van der Waals surface area (Å²) in [6, 6.07) is 0.254. The van der Waals surface area contributed by atoms with Gasteiger partial charge in [0.25, 0.3) is 0 Å². The summed E-state index contributed by atoms with van der Waals surface area (Å²) >= 11 is 0. The Balaban J connectivity index is 1.50. The number of carbonyl (C=O) groups excluding carboxylic acids is 3. The van der Waals surface area contributed by atoms with Crippen LogP contribution < -0.4 is 5.32 Å². The van der Waals surface area contributed by atoms with Crippen LogP contribution in [-0.4, -0.2) is 35.2 Å². The second kappa shape index (κ2) is 7.02. The van der Waals surface area contributed by atoms with Gasteiger partial charge in [-0.3, -0.25) is 19.3 Å². The molecular formula is C18H28N2O3. The third-order valence-corrected chi connectivity index (χ3v) is 5.95. The Morgan fingerprint density at radius 3 is 2.17 bits per heavy atom. The van der Waals surface area contributed by atoms with E-state index in [2.05, 4.69) is 12.2 Å². The van der Waals surface area contributed by atoms with E-state index in [9.17, 15) is 14.4 Å². The first-order valence-corrected chi connectivity index (χ1v) is 9.22. The fourth-order valence-electron chi connectivity index (χ4n) is 4.47. The SMILES string of the molecule is C[C@@H]1CCCC[C@@H]1NC(=O)CCN1C(=O)[C@@H]2CCCC[C@H]2C1=O. The smallest absolute Gasteiger partial charge is 0.233 e. The molecule has 0 bridgehead atoms. The maximum Gasteiger partial charge on any atom is 0.233 e. The Kier molecular flexibility index (Phi) is 5.02. The first-order chi connectivity index (χ1) is 11.1. The lowest BCUT2D eigenvalue weighted by Gasteiger charge is -2.29.